The zero-order valence-corrected chi connectivity index (χ0v) is 7.06. The molecule has 0 heterocycles. The van der Waals surface area contributed by atoms with Crippen molar-refractivity contribution in [3.8, 4) is 0 Å². The van der Waals surface area contributed by atoms with E-state index in [-0.39, 0.29) is 0 Å². The van der Waals surface area contributed by atoms with Crippen LogP contribution in [0.4, 0.5) is 0 Å². The molecule has 0 spiro atoms. The second kappa shape index (κ2) is 6.60. The predicted octanol–water partition coefficient (Wildman–Crippen LogP) is 3.51. The zero-order chi connectivity index (χ0) is 7.82. The molecule has 0 aliphatic rings. The van der Waals surface area contributed by atoms with Crippen molar-refractivity contribution in [2.75, 3.05) is 0 Å². The van der Waals surface area contributed by atoms with Crippen LogP contribution in [0.3, 0.4) is 0 Å². The third-order valence-corrected chi connectivity index (χ3v) is 1.58. The van der Waals surface area contributed by atoms with Gasteiger partial charge in [0, 0.05) is 0 Å². The molecular weight excluding hydrogens is 120 g/mol. The van der Waals surface area contributed by atoms with Crippen LogP contribution in [0.1, 0.15) is 33.1 Å². The molecule has 0 fully saturated rings. The lowest BCUT2D eigenvalue weighted by Crippen LogP contribution is -1.90. The van der Waals surface area contributed by atoms with Gasteiger partial charge in [0.25, 0.3) is 0 Å². The highest BCUT2D eigenvalue weighted by molar-refractivity contribution is 5.00. The van der Waals surface area contributed by atoms with E-state index in [0.717, 1.165) is 12.8 Å². The fraction of sp³-hybridized carbons (Fsp3) is 0.500. The van der Waals surface area contributed by atoms with Gasteiger partial charge in [0.05, 0.1) is 0 Å². The summed E-state index contributed by atoms with van der Waals surface area (Å²) in [5.74, 6) is 1.56. The fourth-order valence-electron chi connectivity index (χ4n) is 0.861. The van der Waals surface area contributed by atoms with Gasteiger partial charge in [-0.1, -0.05) is 25.2 Å². The minimum atomic E-state index is 1.07. The molecule has 0 amide bonds. The summed E-state index contributed by atoms with van der Waals surface area (Å²) in [5.41, 5.74) is 0. The fourth-order valence-corrected chi connectivity index (χ4v) is 0.861. The first-order chi connectivity index (χ1) is 4.85. The molecule has 0 aliphatic carbocycles. The van der Waals surface area contributed by atoms with E-state index in [1.165, 1.54) is 6.42 Å². The second-order valence-electron chi connectivity index (χ2n) is 2.37. The first kappa shape index (κ1) is 9.48. The number of hydrogen-bond donors (Lipinski definition) is 0. The summed E-state index contributed by atoms with van der Waals surface area (Å²) in [6, 6.07) is 0. The van der Waals surface area contributed by atoms with Crippen molar-refractivity contribution in [2.45, 2.75) is 33.1 Å². The average molecular weight is 137 g/mol. The summed E-state index contributed by atoms with van der Waals surface area (Å²) in [6.45, 7) is 7.97. The van der Waals surface area contributed by atoms with E-state index < -0.39 is 0 Å². The Bertz CT molecular complexity index is 101. The SMILES string of the molecule is C=CC[C](CC)CC=CC. The van der Waals surface area contributed by atoms with Gasteiger partial charge in [-0.25, -0.2) is 0 Å². The van der Waals surface area contributed by atoms with Gasteiger partial charge >= 0.3 is 0 Å². The molecule has 0 saturated heterocycles. The Hall–Kier alpha value is -0.520. The third kappa shape index (κ3) is 4.37. The predicted molar refractivity (Wildman–Crippen MR) is 47.8 cm³/mol. The highest BCUT2D eigenvalue weighted by Crippen LogP contribution is 2.16. The van der Waals surface area contributed by atoms with Crippen molar-refractivity contribution in [3.05, 3.63) is 30.7 Å². The van der Waals surface area contributed by atoms with E-state index in [2.05, 4.69) is 32.6 Å². The molecule has 0 nitrogen and oxygen atoms in total. The lowest BCUT2D eigenvalue weighted by Gasteiger charge is -2.06. The molecule has 10 heavy (non-hydrogen) atoms. The molecule has 0 unspecified atom stereocenters. The smallest absolute Gasteiger partial charge is 0.0169 e. The summed E-state index contributed by atoms with van der Waals surface area (Å²) in [5, 5.41) is 0. The Labute approximate surface area is 64.6 Å². The van der Waals surface area contributed by atoms with Gasteiger partial charge in [-0.3, -0.25) is 0 Å². The van der Waals surface area contributed by atoms with Gasteiger partial charge in [0.1, 0.15) is 0 Å². The normalized spacial score (nSPS) is 11.1. The van der Waals surface area contributed by atoms with Crippen molar-refractivity contribution >= 4 is 0 Å². The Morgan fingerprint density at radius 3 is 2.50 bits per heavy atom. The van der Waals surface area contributed by atoms with Crippen molar-refractivity contribution < 1.29 is 0 Å². The van der Waals surface area contributed by atoms with Crippen molar-refractivity contribution in [2.24, 2.45) is 0 Å². The van der Waals surface area contributed by atoms with Crippen LogP contribution in [0.25, 0.3) is 0 Å². The first-order valence-corrected chi connectivity index (χ1v) is 3.90. The van der Waals surface area contributed by atoms with Crippen LogP contribution in [0.15, 0.2) is 24.8 Å². The minimum Gasteiger partial charge on any atom is -0.103 e. The van der Waals surface area contributed by atoms with E-state index in [1.54, 1.807) is 5.92 Å². The van der Waals surface area contributed by atoms with Gasteiger partial charge in [-0.05, 0) is 32.1 Å². The minimum absolute atomic E-state index is 1.07. The summed E-state index contributed by atoms with van der Waals surface area (Å²) in [6.07, 6.45) is 9.64. The number of rotatable bonds is 5. The topological polar surface area (TPSA) is 0 Å². The van der Waals surface area contributed by atoms with E-state index in [9.17, 15) is 0 Å². The second-order valence-corrected chi connectivity index (χ2v) is 2.37. The summed E-state index contributed by atoms with van der Waals surface area (Å²) < 4.78 is 0. The Morgan fingerprint density at radius 1 is 1.40 bits per heavy atom. The lowest BCUT2D eigenvalue weighted by molar-refractivity contribution is 0.805. The van der Waals surface area contributed by atoms with E-state index in [0.29, 0.717) is 0 Å². The van der Waals surface area contributed by atoms with Crippen LogP contribution < -0.4 is 0 Å². The quantitative estimate of drug-likeness (QED) is 0.509. The van der Waals surface area contributed by atoms with Crippen LogP contribution in [-0.4, -0.2) is 0 Å². The number of allylic oxidation sites excluding steroid dienone is 3. The van der Waals surface area contributed by atoms with Gasteiger partial charge in [-0.15, -0.1) is 6.58 Å². The molecule has 0 heteroatoms. The Morgan fingerprint density at radius 2 is 2.10 bits per heavy atom. The van der Waals surface area contributed by atoms with Gasteiger partial charge in [0.2, 0.25) is 0 Å². The van der Waals surface area contributed by atoms with Gasteiger partial charge in [-0.2, -0.15) is 0 Å². The summed E-state index contributed by atoms with van der Waals surface area (Å²) in [4.78, 5) is 0. The molecule has 0 rings (SSSR count). The van der Waals surface area contributed by atoms with Crippen LogP contribution in [-0.2, 0) is 0 Å². The molecule has 0 aromatic rings. The molecule has 0 N–H and O–H groups in total. The molecule has 0 atom stereocenters. The summed E-state index contributed by atoms with van der Waals surface area (Å²) in [7, 11) is 0. The molecule has 0 aromatic heterocycles. The van der Waals surface area contributed by atoms with Crippen molar-refractivity contribution in [1.29, 1.82) is 0 Å². The maximum Gasteiger partial charge on any atom is -0.0169 e. The monoisotopic (exact) mass is 137 g/mol. The molecule has 0 aromatic carbocycles. The third-order valence-electron chi connectivity index (χ3n) is 1.58. The van der Waals surface area contributed by atoms with Gasteiger partial charge < -0.3 is 0 Å². The maximum atomic E-state index is 3.71. The number of hydrogen-bond acceptors (Lipinski definition) is 0. The van der Waals surface area contributed by atoms with E-state index in [4.69, 9.17) is 0 Å². The highest BCUT2D eigenvalue weighted by atomic mass is 14.0. The molecule has 1 radical (unpaired) electrons. The summed E-state index contributed by atoms with van der Waals surface area (Å²) >= 11 is 0. The van der Waals surface area contributed by atoms with E-state index in [1.807, 2.05) is 6.08 Å². The maximum absolute atomic E-state index is 3.71. The molecular formula is C10H17. The molecule has 0 bridgehead atoms. The zero-order valence-electron chi connectivity index (χ0n) is 7.06. The van der Waals surface area contributed by atoms with Gasteiger partial charge in [0.15, 0.2) is 0 Å². The highest BCUT2D eigenvalue weighted by Gasteiger charge is 2.00. The standard InChI is InChI=1S/C10H17/c1-4-7-9-10(6-3)8-5-2/h4-5,7H,2,6,8-9H2,1,3H3. The largest absolute Gasteiger partial charge is 0.103 e. The Balaban J connectivity index is 3.48. The lowest BCUT2D eigenvalue weighted by atomic mass is 9.98. The van der Waals surface area contributed by atoms with Crippen molar-refractivity contribution in [3.63, 3.8) is 0 Å². The average Bonchev–Trinajstić information content (AvgIpc) is 1.98. The molecule has 0 aliphatic heterocycles. The molecule has 0 saturated carbocycles. The van der Waals surface area contributed by atoms with Crippen molar-refractivity contribution in [1.82, 2.24) is 0 Å². The van der Waals surface area contributed by atoms with Crippen LogP contribution in [0.2, 0.25) is 0 Å². The van der Waals surface area contributed by atoms with Crippen LogP contribution in [0, 0.1) is 5.92 Å². The van der Waals surface area contributed by atoms with Crippen LogP contribution >= 0.6 is 0 Å². The first-order valence-electron chi connectivity index (χ1n) is 3.90. The molecule has 57 valence electrons. The Kier molecular flexibility index (Phi) is 6.25. The van der Waals surface area contributed by atoms with Crippen LogP contribution in [0.5, 0.6) is 0 Å². The van der Waals surface area contributed by atoms with E-state index >= 15 is 0 Å².